The normalized spacial score (nSPS) is 54.8. The average Bonchev–Trinajstić information content (AvgIpc) is 3.37. The van der Waals surface area contributed by atoms with Gasteiger partial charge in [0.1, 0.15) is 85.5 Å². The van der Waals surface area contributed by atoms with Crippen molar-refractivity contribution in [3.8, 4) is 0 Å². The number of ether oxygens (including phenoxy) is 8. The number of carbonyl (C=O) groups excluding carboxylic acids is 1. The van der Waals surface area contributed by atoms with Gasteiger partial charge < -0.3 is 104 Å². The van der Waals surface area contributed by atoms with Gasteiger partial charge >= 0.3 is 5.97 Å². The lowest BCUT2D eigenvalue weighted by Crippen LogP contribution is -2.67. The first-order chi connectivity index (χ1) is 35.1. The summed E-state index contributed by atoms with van der Waals surface area (Å²) in [5.74, 6) is -0.732. The summed E-state index contributed by atoms with van der Waals surface area (Å²) in [6, 6.07) is 0. The highest BCUT2D eigenvalue weighted by molar-refractivity contribution is 5.79. The van der Waals surface area contributed by atoms with Crippen LogP contribution in [0, 0.1) is 50.2 Å². The standard InChI is InChI=1S/C53H86O22/c1-23-32(57)36(61)40(65)44(70-23)74-42-33(58)26(56)20-68-46(42)73-31-11-12-49(4)29(50(31,5)22-55)10-13-52(7)30(49)9-8-24-25-18-48(2,3)14-16-53(25,17-15-51(24,52)6)47(67)75-45-41(66)38(63)35(60)28(72-45)21-69-43-39(64)37(62)34(59)27(19-54)71-43/h8,23,25-46,54-66H,9-22H2,1-7H3/t23-,25-,26+,27+,28+,29+,30+,31-,32-,33-,34+,35+,36+,37-,38-,39+,40+,41+,42+,43+,44-,45-,46-,49-,50-,51+,52+,53-/m0/s1. The van der Waals surface area contributed by atoms with Crippen molar-refractivity contribution >= 4 is 5.97 Å². The lowest BCUT2D eigenvalue weighted by molar-refractivity contribution is -0.365. The van der Waals surface area contributed by atoms with Gasteiger partial charge in [-0.05, 0) is 111 Å². The third kappa shape index (κ3) is 9.50. The quantitative estimate of drug-likeness (QED) is 0.0643. The molecule has 75 heavy (non-hydrogen) atoms. The monoisotopic (exact) mass is 1070 g/mol. The predicted molar refractivity (Wildman–Crippen MR) is 257 cm³/mol. The third-order valence-corrected chi connectivity index (χ3v) is 21.1. The van der Waals surface area contributed by atoms with E-state index < -0.39 is 153 Å². The number of fused-ring (bicyclic) bond motifs is 7. The van der Waals surface area contributed by atoms with Gasteiger partial charge in [0.25, 0.3) is 0 Å². The molecular weight excluding hydrogens is 989 g/mol. The Hall–Kier alpha value is -1.59. The fraction of sp³-hybridized carbons (Fsp3) is 0.943. The lowest BCUT2D eigenvalue weighted by atomic mass is 9.33. The molecule has 22 nitrogen and oxygen atoms in total. The van der Waals surface area contributed by atoms with Crippen LogP contribution in [0.1, 0.15) is 113 Å². The minimum atomic E-state index is -1.84. The molecule has 5 aliphatic carbocycles. The first kappa shape index (κ1) is 58.1. The maximum absolute atomic E-state index is 15.1. The summed E-state index contributed by atoms with van der Waals surface area (Å²) in [4.78, 5) is 15.1. The van der Waals surface area contributed by atoms with Crippen molar-refractivity contribution in [2.45, 2.75) is 235 Å². The maximum Gasteiger partial charge on any atom is 0.315 e. The van der Waals surface area contributed by atoms with E-state index >= 15 is 4.79 Å². The highest BCUT2D eigenvalue weighted by Gasteiger charge is 2.71. The molecule has 0 unspecified atom stereocenters. The number of rotatable bonds is 11. The topological polar surface area (TPSA) is 354 Å². The van der Waals surface area contributed by atoms with Gasteiger partial charge in [0, 0.05) is 5.41 Å². The molecule has 0 bridgehead atoms. The van der Waals surface area contributed by atoms with E-state index in [9.17, 15) is 66.4 Å². The Morgan fingerprint density at radius 2 is 1.27 bits per heavy atom. The number of carbonyl (C=O) groups is 1. The van der Waals surface area contributed by atoms with Gasteiger partial charge in [0.15, 0.2) is 18.9 Å². The molecule has 0 aromatic rings. The third-order valence-electron chi connectivity index (χ3n) is 21.1. The number of hydrogen-bond donors (Lipinski definition) is 13. The van der Waals surface area contributed by atoms with Crippen molar-refractivity contribution < 1.29 is 109 Å². The van der Waals surface area contributed by atoms with Crippen LogP contribution in [0.2, 0.25) is 0 Å². The van der Waals surface area contributed by atoms with E-state index in [0.29, 0.717) is 38.5 Å². The molecule has 0 amide bonds. The van der Waals surface area contributed by atoms with E-state index in [0.717, 1.165) is 25.7 Å². The average molecular weight is 1080 g/mol. The Kier molecular flexibility index (Phi) is 16.3. The van der Waals surface area contributed by atoms with Crippen LogP contribution in [-0.4, -0.2) is 222 Å². The molecule has 4 saturated carbocycles. The number of hydrogen-bond acceptors (Lipinski definition) is 22. The molecule has 8 fully saturated rings. The van der Waals surface area contributed by atoms with Crippen molar-refractivity contribution in [1.82, 2.24) is 0 Å². The Bertz CT molecular complexity index is 2060. The van der Waals surface area contributed by atoms with Gasteiger partial charge in [-0.15, -0.1) is 0 Å². The van der Waals surface area contributed by atoms with E-state index in [1.165, 1.54) is 12.5 Å². The van der Waals surface area contributed by atoms with Crippen molar-refractivity contribution in [1.29, 1.82) is 0 Å². The smallest absolute Gasteiger partial charge is 0.315 e. The lowest BCUT2D eigenvalue weighted by Gasteiger charge is -2.71. The minimum Gasteiger partial charge on any atom is -0.432 e. The summed E-state index contributed by atoms with van der Waals surface area (Å²) in [7, 11) is 0. The van der Waals surface area contributed by atoms with Gasteiger partial charge in [-0.3, -0.25) is 4.79 Å². The van der Waals surface area contributed by atoms with Crippen LogP contribution in [-0.2, 0) is 42.7 Å². The molecular formula is C53H86O22. The SMILES string of the molecule is C[C@@H]1O[C@@H](O[C@H]2[C@H](O[C@H]3CC[C@@]4(C)[C@@H](CC[C@]5(C)[C@@H]4CC=C4[C@@H]6CC(C)(C)CC[C@]6(C(=O)O[C@@H]6O[C@H](CO[C@@H]7O[C@H](CO)[C@@H](O)[C@H](O)[C@H]7O)[C@@H](O)[C@H](O)[C@H]6O)CC[C@]45C)[C@]3(C)CO)OC[C@@H](O)[C@@H]2O)[C@H](O)[C@H](O)[C@H]1O. The molecule has 9 aliphatic rings. The molecule has 4 heterocycles. The molecule has 13 N–H and O–H groups in total. The van der Waals surface area contributed by atoms with Gasteiger partial charge in [-0.1, -0.05) is 53.2 Å². The number of allylic oxidation sites excluding steroid dienone is 2. The Labute approximate surface area is 437 Å². The zero-order valence-corrected chi connectivity index (χ0v) is 44.2. The summed E-state index contributed by atoms with van der Waals surface area (Å²) >= 11 is 0. The van der Waals surface area contributed by atoms with Gasteiger partial charge in [0.05, 0.1) is 44.1 Å². The van der Waals surface area contributed by atoms with Crippen molar-refractivity contribution in [3.05, 3.63) is 11.6 Å². The summed E-state index contributed by atoms with van der Waals surface area (Å²) in [6.07, 6.45) is -20.8. The highest BCUT2D eigenvalue weighted by Crippen LogP contribution is 2.76. The molecule has 0 radical (unpaired) electrons. The number of aliphatic hydroxyl groups is 13. The molecule has 28 atom stereocenters. The van der Waals surface area contributed by atoms with E-state index in [2.05, 4.69) is 40.7 Å². The van der Waals surface area contributed by atoms with E-state index in [-0.39, 0.29) is 52.6 Å². The number of esters is 1. The van der Waals surface area contributed by atoms with Crippen LogP contribution in [0.25, 0.3) is 0 Å². The van der Waals surface area contributed by atoms with Crippen LogP contribution in [0.15, 0.2) is 11.6 Å². The van der Waals surface area contributed by atoms with Crippen LogP contribution in [0.5, 0.6) is 0 Å². The zero-order valence-electron chi connectivity index (χ0n) is 44.2. The first-order valence-corrected chi connectivity index (χ1v) is 27.3. The fourth-order valence-electron chi connectivity index (χ4n) is 16.1. The maximum atomic E-state index is 15.1. The molecule has 4 saturated heterocycles. The fourth-order valence-corrected chi connectivity index (χ4v) is 16.1. The highest BCUT2D eigenvalue weighted by atomic mass is 16.8. The first-order valence-electron chi connectivity index (χ1n) is 27.3. The second-order valence-corrected chi connectivity index (χ2v) is 25.7. The van der Waals surface area contributed by atoms with Crippen molar-refractivity contribution in [3.63, 3.8) is 0 Å². The molecule has 22 heteroatoms. The largest absolute Gasteiger partial charge is 0.432 e. The van der Waals surface area contributed by atoms with Gasteiger partial charge in [-0.25, -0.2) is 0 Å². The van der Waals surface area contributed by atoms with E-state index in [1.54, 1.807) is 0 Å². The zero-order chi connectivity index (χ0) is 54.7. The number of aliphatic hydroxyl groups excluding tert-OH is 13. The van der Waals surface area contributed by atoms with Crippen LogP contribution >= 0.6 is 0 Å². The van der Waals surface area contributed by atoms with Crippen LogP contribution in [0.4, 0.5) is 0 Å². The Morgan fingerprint density at radius 1 is 0.640 bits per heavy atom. The molecule has 9 rings (SSSR count). The summed E-state index contributed by atoms with van der Waals surface area (Å²) in [6.45, 7) is 13.2. The van der Waals surface area contributed by atoms with Gasteiger partial charge in [0.2, 0.25) is 6.29 Å². The van der Waals surface area contributed by atoms with E-state index in [1.807, 2.05) is 6.92 Å². The van der Waals surface area contributed by atoms with Crippen molar-refractivity contribution in [2.75, 3.05) is 26.4 Å². The van der Waals surface area contributed by atoms with Crippen LogP contribution in [0.3, 0.4) is 0 Å². The second-order valence-electron chi connectivity index (χ2n) is 25.7. The van der Waals surface area contributed by atoms with E-state index in [4.69, 9.17) is 37.9 Å². The summed E-state index contributed by atoms with van der Waals surface area (Å²) < 4.78 is 47.6. The Balaban J connectivity index is 0.931. The predicted octanol–water partition coefficient (Wildman–Crippen LogP) is -1.40. The van der Waals surface area contributed by atoms with Gasteiger partial charge in [-0.2, -0.15) is 0 Å². The molecule has 0 aromatic heterocycles. The molecule has 430 valence electrons. The summed E-state index contributed by atoms with van der Waals surface area (Å²) in [5, 5.41) is 139. The summed E-state index contributed by atoms with van der Waals surface area (Å²) in [5.41, 5.74) is -1.70. The van der Waals surface area contributed by atoms with Crippen LogP contribution < -0.4 is 0 Å². The molecule has 0 spiro atoms. The Morgan fingerprint density at radius 3 is 1.95 bits per heavy atom. The molecule has 4 aliphatic heterocycles. The second kappa shape index (κ2) is 21.1. The molecule has 0 aromatic carbocycles. The minimum absolute atomic E-state index is 0.0432. The van der Waals surface area contributed by atoms with Crippen molar-refractivity contribution in [2.24, 2.45) is 50.2 Å².